The van der Waals surface area contributed by atoms with Crippen LogP contribution in [0.25, 0.3) is 11.5 Å². The van der Waals surface area contributed by atoms with Crippen LogP contribution in [0.4, 0.5) is 0 Å². The highest BCUT2D eigenvalue weighted by Gasteiger charge is 2.11. The fraction of sp³-hybridized carbons (Fsp3) is 0.538. The van der Waals surface area contributed by atoms with E-state index < -0.39 is 0 Å². The quantitative estimate of drug-likeness (QED) is 0.794. The standard InChI is InChI=1S/C13H18N2O2/c1-4-5-12-15-10(8-16-12)11-7-14-13(17-11)6-9(2)3/h7-9H,4-6H2,1-3H3. The van der Waals surface area contributed by atoms with Crippen LogP contribution in [0.2, 0.25) is 0 Å². The maximum absolute atomic E-state index is 5.64. The van der Waals surface area contributed by atoms with E-state index in [1.54, 1.807) is 12.5 Å². The van der Waals surface area contributed by atoms with Crippen molar-refractivity contribution in [3.05, 3.63) is 24.2 Å². The SMILES string of the molecule is CCCc1nc(-c2cnc(CC(C)C)o2)co1. The molecule has 0 spiro atoms. The molecule has 0 aliphatic carbocycles. The van der Waals surface area contributed by atoms with Crippen molar-refractivity contribution < 1.29 is 8.83 Å². The smallest absolute Gasteiger partial charge is 0.195 e. The number of aromatic nitrogens is 2. The molecular formula is C13H18N2O2. The van der Waals surface area contributed by atoms with E-state index in [1.165, 1.54) is 0 Å². The molecule has 17 heavy (non-hydrogen) atoms. The summed E-state index contributed by atoms with van der Waals surface area (Å²) in [5.41, 5.74) is 0.732. The lowest BCUT2D eigenvalue weighted by atomic mass is 10.1. The molecule has 2 heterocycles. The van der Waals surface area contributed by atoms with Crippen molar-refractivity contribution in [2.75, 3.05) is 0 Å². The highest BCUT2D eigenvalue weighted by molar-refractivity contribution is 5.48. The Kier molecular flexibility index (Phi) is 3.61. The van der Waals surface area contributed by atoms with Crippen molar-refractivity contribution in [3.63, 3.8) is 0 Å². The molecule has 0 atom stereocenters. The van der Waals surface area contributed by atoms with Crippen LogP contribution in [-0.2, 0) is 12.8 Å². The van der Waals surface area contributed by atoms with E-state index >= 15 is 0 Å². The summed E-state index contributed by atoms with van der Waals surface area (Å²) in [6.45, 7) is 6.37. The maximum atomic E-state index is 5.64. The van der Waals surface area contributed by atoms with Crippen LogP contribution in [0.5, 0.6) is 0 Å². The summed E-state index contributed by atoms with van der Waals surface area (Å²) < 4.78 is 11.0. The minimum absolute atomic E-state index is 0.537. The summed E-state index contributed by atoms with van der Waals surface area (Å²) in [6, 6.07) is 0. The highest BCUT2D eigenvalue weighted by Crippen LogP contribution is 2.21. The van der Waals surface area contributed by atoms with Gasteiger partial charge in [-0.3, -0.25) is 0 Å². The van der Waals surface area contributed by atoms with E-state index in [2.05, 4.69) is 30.7 Å². The molecule has 0 amide bonds. The molecule has 0 aromatic carbocycles. The molecule has 92 valence electrons. The highest BCUT2D eigenvalue weighted by atomic mass is 16.4. The molecule has 0 N–H and O–H groups in total. The first-order valence-corrected chi connectivity index (χ1v) is 6.08. The fourth-order valence-electron chi connectivity index (χ4n) is 1.63. The second-order valence-corrected chi connectivity index (χ2v) is 4.59. The third-order valence-electron chi connectivity index (χ3n) is 2.40. The molecule has 0 unspecified atom stereocenters. The van der Waals surface area contributed by atoms with Crippen LogP contribution in [0, 0.1) is 5.92 Å². The molecule has 0 saturated heterocycles. The first kappa shape index (κ1) is 11.9. The minimum Gasteiger partial charge on any atom is -0.448 e. The van der Waals surface area contributed by atoms with Gasteiger partial charge in [0.2, 0.25) is 0 Å². The number of oxazole rings is 2. The summed E-state index contributed by atoms with van der Waals surface area (Å²) >= 11 is 0. The molecule has 4 nitrogen and oxygen atoms in total. The summed E-state index contributed by atoms with van der Waals surface area (Å²) in [4.78, 5) is 8.60. The lowest BCUT2D eigenvalue weighted by Crippen LogP contribution is -1.92. The molecule has 0 saturated carbocycles. The van der Waals surface area contributed by atoms with Crippen LogP contribution in [-0.4, -0.2) is 9.97 Å². The van der Waals surface area contributed by atoms with Gasteiger partial charge in [-0.15, -0.1) is 0 Å². The average molecular weight is 234 g/mol. The first-order valence-electron chi connectivity index (χ1n) is 6.08. The molecular weight excluding hydrogens is 216 g/mol. The van der Waals surface area contributed by atoms with E-state index in [0.29, 0.717) is 11.7 Å². The molecule has 2 rings (SSSR count). The van der Waals surface area contributed by atoms with Gasteiger partial charge in [0.25, 0.3) is 0 Å². The molecule has 0 aliphatic rings. The third kappa shape index (κ3) is 2.96. The number of nitrogens with zero attached hydrogens (tertiary/aromatic N) is 2. The fourth-order valence-corrected chi connectivity index (χ4v) is 1.63. The van der Waals surface area contributed by atoms with Crippen molar-refractivity contribution in [1.82, 2.24) is 9.97 Å². The van der Waals surface area contributed by atoms with Crippen molar-refractivity contribution in [3.8, 4) is 11.5 Å². The van der Waals surface area contributed by atoms with E-state index in [9.17, 15) is 0 Å². The second kappa shape index (κ2) is 5.17. The van der Waals surface area contributed by atoms with Crippen LogP contribution < -0.4 is 0 Å². The normalized spacial score (nSPS) is 11.3. The van der Waals surface area contributed by atoms with Gasteiger partial charge in [0.1, 0.15) is 12.0 Å². The van der Waals surface area contributed by atoms with Gasteiger partial charge in [0.15, 0.2) is 17.5 Å². The van der Waals surface area contributed by atoms with Crippen LogP contribution >= 0.6 is 0 Å². The molecule has 2 aromatic rings. The van der Waals surface area contributed by atoms with E-state index in [0.717, 1.165) is 36.7 Å². The van der Waals surface area contributed by atoms with Gasteiger partial charge in [-0.2, -0.15) is 0 Å². The monoisotopic (exact) mass is 234 g/mol. The van der Waals surface area contributed by atoms with Gasteiger partial charge in [-0.05, 0) is 12.3 Å². The number of hydrogen-bond acceptors (Lipinski definition) is 4. The maximum Gasteiger partial charge on any atom is 0.195 e. The Morgan fingerprint density at radius 2 is 2.12 bits per heavy atom. The Bertz CT molecular complexity index is 471. The molecule has 0 radical (unpaired) electrons. The second-order valence-electron chi connectivity index (χ2n) is 4.59. The van der Waals surface area contributed by atoms with E-state index in [4.69, 9.17) is 8.83 Å². The molecule has 0 aliphatic heterocycles. The summed E-state index contributed by atoms with van der Waals surface area (Å²) in [5.74, 6) is 2.74. The Morgan fingerprint density at radius 3 is 2.82 bits per heavy atom. The van der Waals surface area contributed by atoms with Gasteiger partial charge in [-0.1, -0.05) is 20.8 Å². The van der Waals surface area contributed by atoms with Crippen molar-refractivity contribution in [2.24, 2.45) is 5.92 Å². The van der Waals surface area contributed by atoms with E-state index in [-0.39, 0.29) is 0 Å². The van der Waals surface area contributed by atoms with Crippen LogP contribution in [0.1, 0.15) is 39.0 Å². The Hall–Kier alpha value is -1.58. The van der Waals surface area contributed by atoms with E-state index in [1.807, 2.05) is 0 Å². The van der Waals surface area contributed by atoms with Gasteiger partial charge >= 0.3 is 0 Å². The topological polar surface area (TPSA) is 52.1 Å². The first-order chi connectivity index (χ1) is 8.19. The van der Waals surface area contributed by atoms with Gasteiger partial charge < -0.3 is 8.83 Å². The molecule has 0 bridgehead atoms. The summed E-state index contributed by atoms with van der Waals surface area (Å²) in [6.07, 6.45) is 6.07. The number of aryl methyl sites for hydroxylation is 1. The lowest BCUT2D eigenvalue weighted by Gasteiger charge is -1.97. The minimum atomic E-state index is 0.537. The Morgan fingerprint density at radius 1 is 1.29 bits per heavy atom. The zero-order valence-electron chi connectivity index (χ0n) is 10.6. The van der Waals surface area contributed by atoms with Crippen molar-refractivity contribution in [1.29, 1.82) is 0 Å². The van der Waals surface area contributed by atoms with Crippen LogP contribution in [0.3, 0.4) is 0 Å². The predicted octanol–water partition coefficient (Wildman–Crippen LogP) is 3.48. The zero-order chi connectivity index (χ0) is 12.3. The average Bonchev–Trinajstić information content (AvgIpc) is 2.86. The largest absolute Gasteiger partial charge is 0.448 e. The summed E-state index contributed by atoms with van der Waals surface area (Å²) in [7, 11) is 0. The van der Waals surface area contributed by atoms with Gasteiger partial charge in [0.05, 0.1) is 6.20 Å². The lowest BCUT2D eigenvalue weighted by molar-refractivity contribution is 0.465. The zero-order valence-corrected chi connectivity index (χ0v) is 10.6. The van der Waals surface area contributed by atoms with Crippen LogP contribution in [0.15, 0.2) is 21.3 Å². The molecule has 4 heteroatoms. The van der Waals surface area contributed by atoms with Gasteiger partial charge in [-0.25, -0.2) is 9.97 Å². The molecule has 0 fully saturated rings. The molecule has 2 aromatic heterocycles. The number of hydrogen-bond donors (Lipinski definition) is 0. The Balaban J connectivity index is 2.12. The predicted molar refractivity (Wildman–Crippen MR) is 64.5 cm³/mol. The number of rotatable bonds is 5. The van der Waals surface area contributed by atoms with Crippen molar-refractivity contribution in [2.45, 2.75) is 40.0 Å². The van der Waals surface area contributed by atoms with Crippen molar-refractivity contribution >= 4 is 0 Å². The third-order valence-corrected chi connectivity index (χ3v) is 2.40. The summed E-state index contributed by atoms with van der Waals surface area (Å²) in [5, 5.41) is 0. The van der Waals surface area contributed by atoms with Gasteiger partial charge in [0, 0.05) is 12.8 Å². The Labute approximate surface area is 101 Å².